The molecule has 0 fully saturated rings. The van der Waals surface area contributed by atoms with Gasteiger partial charge in [-0.2, -0.15) is 0 Å². The highest BCUT2D eigenvalue weighted by Gasteiger charge is 2.14. The van der Waals surface area contributed by atoms with Gasteiger partial charge >= 0.3 is 0 Å². The molecule has 6 aromatic rings. The van der Waals surface area contributed by atoms with Crippen LogP contribution >= 0.6 is 0 Å². The zero-order valence-electron chi connectivity index (χ0n) is 17.4. The van der Waals surface area contributed by atoms with Gasteiger partial charge in [0.05, 0.1) is 16.9 Å². The fraction of sp³-hybridized carbons (Fsp3) is 0. The average Bonchev–Trinajstić information content (AvgIpc) is 2.88. The Morgan fingerprint density at radius 1 is 0.562 bits per heavy atom. The van der Waals surface area contributed by atoms with Crippen LogP contribution < -0.4 is 0 Å². The van der Waals surface area contributed by atoms with Gasteiger partial charge in [-0.1, -0.05) is 91.0 Å². The molecule has 0 N–H and O–H groups in total. The fourth-order valence-electron chi connectivity index (χ4n) is 4.27. The van der Waals surface area contributed by atoms with Crippen LogP contribution in [-0.2, 0) is 0 Å². The molecule has 32 heavy (non-hydrogen) atoms. The van der Waals surface area contributed by atoms with E-state index in [0.29, 0.717) is 0 Å². The van der Waals surface area contributed by atoms with E-state index >= 15 is 0 Å². The summed E-state index contributed by atoms with van der Waals surface area (Å²) in [5.74, 6) is 0. The standard InChI is InChI=1S/C30H19N2/c1-3-10-22(11-4-1)26-20-27-28(32-30(26)23-12-5-2-6-13-23)17-18-31-29(27)25-16-15-21-9-7-8-14-24(21)19-25/h1,3-20H. The van der Waals surface area contributed by atoms with Gasteiger partial charge in [-0.05, 0) is 40.6 Å². The number of rotatable bonds is 3. The van der Waals surface area contributed by atoms with Crippen molar-refractivity contribution < 1.29 is 0 Å². The predicted molar refractivity (Wildman–Crippen MR) is 132 cm³/mol. The van der Waals surface area contributed by atoms with Gasteiger partial charge in [0.15, 0.2) is 0 Å². The highest BCUT2D eigenvalue weighted by atomic mass is 14.7. The van der Waals surface area contributed by atoms with Crippen molar-refractivity contribution in [3.8, 4) is 33.6 Å². The molecule has 2 heterocycles. The molecule has 149 valence electrons. The van der Waals surface area contributed by atoms with Gasteiger partial charge in [0, 0.05) is 28.3 Å². The van der Waals surface area contributed by atoms with Crippen LogP contribution in [-0.4, -0.2) is 9.97 Å². The molecule has 0 saturated carbocycles. The van der Waals surface area contributed by atoms with Gasteiger partial charge in [0.2, 0.25) is 0 Å². The van der Waals surface area contributed by atoms with Gasteiger partial charge in [-0.3, -0.25) is 4.98 Å². The van der Waals surface area contributed by atoms with Crippen molar-refractivity contribution in [2.75, 3.05) is 0 Å². The van der Waals surface area contributed by atoms with E-state index in [0.717, 1.165) is 44.5 Å². The van der Waals surface area contributed by atoms with E-state index in [4.69, 9.17) is 9.97 Å². The van der Waals surface area contributed by atoms with Crippen LogP contribution in [0.15, 0.2) is 115 Å². The number of hydrogen-bond donors (Lipinski definition) is 0. The molecular formula is C30H19N2. The van der Waals surface area contributed by atoms with Crippen molar-refractivity contribution in [2.45, 2.75) is 0 Å². The molecule has 0 aliphatic heterocycles. The lowest BCUT2D eigenvalue weighted by Crippen LogP contribution is -1.94. The van der Waals surface area contributed by atoms with Gasteiger partial charge in [0.1, 0.15) is 0 Å². The molecule has 0 amide bonds. The number of hydrogen-bond acceptors (Lipinski definition) is 2. The van der Waals surface area contributed by atoms with Crippen LogP contribution in [0.3, 0.4) is 0 Å². The summed E-state index contributed by atoms with van der Waals surface area (Å²) in [6.07, 6.45) is 1.85. The molecule has 0 aliphatic carbocycles. The lowest BCUT2D eigenvalue weighted by atomic mass is 9.95. The molecule has 0 atom stereocenters. The Balaban J connectivity index is 1.63. The van der Waals surface area contributed by atoms with E-state index < -0.39 is 0 Å². The van der Waals surface area contributed by atoms with Gasteiger partial charge in [-0.25, -0.2) is 4.98 Å². The van der Waals surface area contributed by atoms with E-state index in [9.17, 15) is 0 Å². The first-order valence-electron chi connectivity index (χ1n) is 10.7. The summed E-state index contributed by atoms with van der Waals surface area (Å²) in [7, 11) is 0. The van der Waals surface area contributed by atoms with E-state index in [-0.39, 0.29) is 0 Å². The lowest BCUT2D eigenvalue weighted by Gasteiger charge is -2.14. The number of benzene rings is 4. The minimum absolute atomic E-state index is 0.936. The molecule has 0 spiro atoms. The summed E-state index contributed by atoms with van der Waals surface area (Å²) < 4.78 is 0. The minimum atomic E-state index is 0.936. The predicted octanol–water partition coefficient (Wildman–Crippen LogP) is 7.58. The van der Waals surface area contributed by atoms with Crippen LogP contribution in [0.25, 0.3) is 55.3 Å². The van der Waals surface area contributed by atoms with Crippen LogP contribution in [0, 0.1) is 6.07 Å². The lowest BCUT2D eigenvalue weighted by molar-refractivity contribution is 1.32. The minimum Gasteiger partial charge on any atom is -0.255 e. The first-order chi connectivity index (χ1) is 15.9. The maximum Gasteiger partial charge on any atom is 0.0796 e. The largest absolute Gasteiger partial charge is 0.255 e. The molecule has 2 aromatic heterocycles. The maximum atomic E-state index is 5.12. The Labute approximate surface area is 186 Å². The van der Waals surface area contributed by atoms with Crippen molar-refractivity contribution in [3.63, 3.8) is 0 Å². The summed E-state index contributed by atoms with van der Waals surface area (Å²) in [6, 6.07) is 40.7. The zero-order chi connectivity index (χ0) is 21.3. The van der Waals surface area contributed by atoms with Crippen molar-refractivity contribution in [1.29, 1.82) is 0 Å². The molecule has 6 rings (SSSR count). The van der Waals surface area contributed by atoms with E-state index in [1.165, 1.54) is 10.8 Å². The Morgan fingerprint density at radius 3 is 2.19 bits per heavy atom. The molecule has 2 heteroatoms. The third kappa shape index (κ3) is 3.23. The van der Waals surface area contributed by atoms with E-state index in [1.54, 1.807) is 0 Å². The van der Waals surface area contributed by atoms with Crippen molar-refractivity contribution >= 4 is 21.7 Å². The summed E-state index contributed by atoms with van der Waals surface area (Å²) >= 11 is 0. The molecular weight excluding hydrogens is 388 g/mol. The third-order valence-electron chi connectivity index (χ3n) is 5.84. The maximum absolute atomic E-state index is 5.12. The third-order valence-corrected chi connectivity index (χ3v) is 5.84. The number of nitrogens with zero attached hydrogens (tertiary/aromatic N) is 2. The number of aromatic nitrogens is 2. The average molecular weight is 407 g/mol. The van der Waals surface area contributed by atoms with Gasteiger partial charge in [-0.15, -0.1) is 0 Å². The number of pyridine rings is 2. The van der Waals surface area contributed by atoms with Crippen molar-refractivity contribution in [2.24, 2.45) is 0 Å². The fourth-order valence-corrected chi connectivity index (χ4v) is 4.27. The molecule has 0 aliphatic rings. The summed E-state index contributed by atoms with van der Waals surface area (Å²) in [5, 5.41) is 3.48. The van der Waals surface area contributed by atoms with E-state index in [1.807, 2.05) is 30.5 Å². The Kier molecular flexibility index (Phi) is 4.47. The molecule has 0 bridgehead atoms. The zero-order valence-corrected chi connectivity index (χ0v) is 17.4. The Morgan fingerprint density at radius 2 is 1.34 bits per heavy atom. The molecule has 2 nitrogen and oxygen atoms in total. The van der Waals surface area contributed by atoms with Crippen LogP contribution in [0.4, 0.5) is 0 Å². The van der Waals surface area contributed by atoms with Crippen LogP contribution in [0.2, 0.25) is 0 Å². The van der Waals surface area contributed by atoms with Crippen molar-refractivity contribution in [1.82, 2.24) is 9.97 Å². The second-order valence-electron chi connectivity index (χ2n) is 7.83. The normalized spacial score (nSPS) is 11.1. The Hall–Kier alpha value is -4.30. The summed E-state index contributed by atoms with van der Waals surface area (Å²) in [4.78, 5) is 9.89. The van der Waals surface area contributed by atoms with Crippen molar-refractivity contribution in [3.05, 3.63) is 121 Å². The molecule has 1 radical (unpaired) electrons. The Bertz CT molecular complexity index is 1550. The van der Waals surface area contributed by atoms with Gasteiger partial charge < -0.3 is 0 Å². The first kappa shape index (κ1) is 18.5. The summed E-state index contributed by atoms with van der Waals surface area (Å²) in [5.41, 5.74) is 7.26. The van der Waals surface area contributed by atoms with Crippen LogP contribution in [0.1, 0.15) is 0 Å². The first-order valence-corrected chi connectivity index (χ1v) is 10.7. The van der Waals surface area contributed by atoms with E-state index in [2.05, 4.69) is 91.0 Å². The van der Waals surface area contributed by atoms with Gasteiger partial charge in [0.25, 0.3) is 0 Å². The molecule has 0 unspecified atom stereocenters. The number of fused-ring (bicyclic) bond motifs is 2. The monoisotopic (exact) mass is 407 g/mol. The second kappa shape index (κ2) is 7.75. The highest BCUT2D eigenvalue weighted by molar-refractivity contribution is 6.00. The smallest absolute Gasteiger partial charge is 0.0796 e. The summed E-state index contributed by atoms with van der Waals surface area (Å²) in [6.45, 7) is 0. The topological polar surface area (TPSA) is 25.8 Å². The van der Waals surface area contributed by atoms with Crippen LogP contribution in [0.5, 0.6) is 0 Å². The highest BCUT2D eigenvalue weighted by Crippen LogP contribution is 2.36. The molecule has 4 aromatic carbocycles. The quantitative estimate of drug-likeness (QED) is 0.302. The SMILES string of the molecule is [c]1ccc(-c2nc3ccnc(-c4ccc5ccccc5c4)c3cc2-c2ccccc2)cc1. The molecule has 0 saturated heterocycles. The second-order valence-corrected chi connectivity index (χ2v) is 7.83.